The van der Waals surface area contributed by atoms with Gasteiger partial charge in [-0.1, -0.05) is 12.1 Å². The fraction of sp³-hybridized carbons (Fsp3) is 0.429. The highest BCUT2D eigenvalue weighted by Gasteiger charge is 2.25. The van der Waals surface area contributed by atoms with Crippen LogP contribution in [-0.4, -0.2) is 24.8 Å². The zero-order chi connectivity index (χ0) is 12.7. The van der Waals surface area contributed by atoms with E-state index in [1.54, 1.807) is 7.11 Å². The largest absolute Gasteiger partial charge is 0.495 e. The predicted molar refractivity (Wildman–Crippen MR) is 77.4 cm³/mol. The smallest absolute Gasteiger partial charge is 0.143 e. The van der Waals surface area contributed by atoms with Crippen LogP contribution in [0.4, 0.5) is 0 Å². The van der Waals surface area contributed by atoms with Gasteiger partial charge in [0.1, 0.15) is 5.75 Å². The lowest BCUT2D eigenvalue weighted by atomic mass is 10.0. The van der Waals surface area contributed by atoms with Gasteiger partial charge in [0.25, 0.3) is 0 Å². The van der Waals surface area contributed by atoms with Crippen LogP contribution in [0.1, 0.15) is 18.0 Å². The minimum Gasteiger partial charge on any atom is -0.495 e. The Hall–Kier alpha value is -1.00. The summed E-state index contributed by atoms with van der Waals surface area (Å²) in [5.41, 5.74) is 2.55. The van der Waals surface area contributed by atoms with Gasteiger partial charge in [-0.15, -0.1) is 0 Å². The minimum atomic E-state index is 0.585. The van der Waals surface area contributed by atoms with E-state index in [1.165, 1.54) is 27.5 Å². The Bertz CT molecular complexity index is 585. The van der Waals surface area contributed by atoms with Crippen molar-refractivity contribution in [2.45, 2.75) is 12.3 Å². The van der Waals surface area contributed by atoms with Gasteiger partial charge >= 0.3 is 0 Å². The molecule has 1 aromatic carbocycles. The summed E-state index contributed by atoms with van der Waals surface area (Å²) in [7, 11) is 3.86. The molecule has 0 aliphatic carbocycles. The number of aromatic nitrogens is 1. The van der Waals surface area contributed by atoms with Crippen LogP contribution in [0.3, 0.4) is 0 Å². The number of hydrogen-bond donors (Lipinski definition) is 1. The van der Waals surface area contributed by atoms with Crippen molar-refractivity contribution in [2.24, 2.45) is 7.05 Å². The van der Waals surface area contributed by atoms with Crippen molar-refractivity contribution in [1.82, 2.24) is 9.88 Å². The summed E-state index contributed by atoms with van der Waals surface area (Å²) in [4.78, 5) is 0. The molecule has 1 N–H and O–H groups in total. The average molecular weight is 309 g/mol. The highest BCUT2D eigenvalue weighted by atomic mass is 79.9. The molecule has 96 valence electrons. The Kier molecular flexibility index (Phi) is 3.08. The molecule has 18 heavy (non-hydrogen) atoms. The van der Waals surface area contributed by atoms with Gasteiger partial charge in [-0.3, -0.25) is 0 Å². The molecular weight excluding hydrogens is 292 g/mol. The predicted octanol–water partition coefficient (Wildman–Crippen LogP) is 3.03. The van der Waals surface area contributed by atoms with E-state index in [0.29, 0.717) is 5.92 Å². The normalized spacial score (nSPS) is 19.6. The molecule has 1 unspecified atom stereocenters. The van der Waals surface area contributed by atoms with Gasteiger partial charge in [-0.2, -0.15) is 0 Å². The van der Waals surface area contributed by atoms with Crippen molar-refractivity contribution in [1.29, 1.82) is 0 Å². The van der Waals surface area contributed by atoms with Crippen LogP contribution in [0.2, 0.25) is 0 Å². The Balaban J connectivity index is 2.26. The lowest BCUT2D eigenvalue weighted by Crippen LogP contribution is -2.10. The van der Waals surface area contributed by atoms with Crippen LogP contribution >= 0.6 is 15.9 Å². The summed E-state index contributed by atoms with van der Waals surface area (Å²) in [5, 5.41) is 4.67. The topological polar surface area (TPSA) is 26.2 Å². The second kappa shape index (κ2) is 4.59. The third-order valence-corrected chi connectivity index (χ3v) is 4.66. The first-order valence-electron chi connectivity index (χ1n) is 6.25. The van der Waals surface area contributed by atoms with Crippen LogP contribution in [0.25, 0.3) is 10.9 Å². The lowest BCUT2D eigenvalue weighted by molar-refractivity contribution is 0.417. The summed E-state index contributed by atoms with van der Waals surface area (Å²) in [6.07, 6.45) is 1.20. The van der Waals surface area contributed by atoms with E-state index in [-0.39, 0.29) is 0 Å². The molecule has 0 amide bonds. The first-order valence-corrected chi connectivity index (χ1v) is 7.05. The standard InChI is InChI=1S/C14H17BrN2O/c1-17-13(9-6-7-16-8-9)12(15)10-4-3-5-11(18-2)14(10)17/h3-5,9,16H,6-8H2,1-2H3. The molecule has 1 aromatic heterocycles. The van der Waals surface area contributed by atoms with E-state index in [0.717, 1.165) is 18.8 Å². The first kappa shape index (κ1) is 12.1. The Labute approximate surface area is 115 Å². The van der Waals surface area contributed by atoms with Crippen LogP contribution in [-0.2, 0) is 7.05 Å². The fourth-order valence-corrected chi connectivity index (χ4v) is 3.87. The number of fused-ring (bicyclic) bond motifs is 1. The second-order valence-electron chi connectivity index (χ2n) is 4.80. The van der Waals surface area contributed by atoms with Gasteiger partial charge in [0, 0.05) is 35.1 Å². The zero-order valence-electron chi connectivity index (χ0n) is 10.7. The van der Waals surface area contributed by atoms with E-state index >= 15 is 0 Å². The Morgan fingerprint density at radius 1 is 1.44 bits per heavy atom. The van der Waals surface area contributed by atoms with Gasteiger partial charge in [0.2, 0.25) is 0 Å². The molecule has 2 heterocycles. The van der Waals surface area contributed by atoms with Crippen LogP contribution in [0.5, 0.6) is 5.75 Å². The SMILES string of the molecule is COc1cccc2c(Br)c(C3CCNC3)n(C)c12. The molecule has 0 saturated carbocycles. The molecule has 2 aromatic rings. The minimum absolute atomic E-state index is 0.585. The molecule has 0 spiro atoms. The molecule has 1 aliphatic rings. The molecule has 3 nitrogen and oxygen atoms in total. The molecule has 1 atom stereocenters. The number of nitrogens with one attached hydrogen (secondary N) is 1. The van der Waals surface area contributed by atoms with Crippen molar-refractivity contribution >= 4 is 26.8 Å². The van der Waals surface area contributed by atoms with Gasteiger partial charge in [0.15, 0.2) is 0 Å². The van der Waals surface area contributed by atoms with E-state index in [4.69, 9.17) is 4.74 Å². The molecule has 1 aliphatic heterocycles. The number of benzene rings is 1. The van der Waals surface area contributed by atoms with Gasteiger partial charge < -0.3 is 14.6 Å². The molecular formula is C14H17BrN2O. The lowest BCUT2D eigenvalue weighted by Gasteiger charge is -2.12. The molecule has 3 rings (SSSR count). The molecule has 0 radical (unpaired) electrons. The Morgan fingerprint density at radius 2 is 2.28 bits per heavy atom. The van der Waals surface area contributed by atoms with Crippen molar-refractivity contribution in [3.05, 3.63) is 28.4 Å². The number of para-hydroxylation sites is 1. The van der Waals surface area contributed by atoms with Crippen molar-refractivity contribution in [3.8, 4) is 5.75 Å². The van der Waals surface area contributed by atoms with Gasteiger partial charge in [-0.05, 0) is 35.0 Å². The fourth-order valence-electron chi connectivity index (χ4n) is 2.96. The van der Waals surface area contributed by atoms with Gasteiger partial charge in [0.05, 0.1) is 12.6 Å². The highest BCUT2D eigenvalue weighted by molar-refractivity contribution is 9.10. The molecule has 4 heteroatoms. The maximum absolute atomic E-state index is 5.48. The number of rotatable bonds is 2. The summed E-state index contributed by atoms with van der Waals surface area (Å²) in [6, 6.07) is 6.21. The number of methoxy groups -OCH3 is 1. The maximum Gasteiger partial charge on any atom is 0.143 e. The van der Waals surface area contributed by atoms with Crippen LogP contribution in [0.15, 0.2) is 22.7 Å². The quantitative estimate of drug-likeness (QED) is 0.923. The summed E-state index contributed by atoms with van der Waals surface area (Å²) in [6.45, 7) is 2.17. The van der Waals surface area contributed by atoms with E-state index in [2.05, 4.69) is 38.9 Å². The number of hydrogen-bond acceptors (Lipinski definition) is 2. The third-order valence-electron chi connectivity index (χ3n) is 3.82. The van der Waals surface area contributed by atoms with Gasteiger partial charge in [-0.25, -0.2) is 0 Å². The number of aryl methyl sites for hydroxylation is 1. The number of halogens is 1. The van der Waals surface area contributed by atoms with Crippen molar-refractivity contribution in [2.75, 3.05) is 20.2 Å². The zero-order valence-corrected chi connectivity index (χ0v) is 12.3. The molecule has 1 fully saturated rings. The average Bonchev–Trinajstić information content (AvgIpc) is 2.98. The first-order chi connectivity index (χ1) is 8.74. The number of nitrogens with zero attached hydrogens (tertiary/aromatic N) is 1. The van der Waals surface area contributed by atoms with Crippen LogP contribution in [0, 0.1) is 0 Å². The molecule has 1 saturated heterocycles. The monoisotopic (exact) mass is 308 g/mol. The molecule has 0 bridgehead atoms. The number of ether oxygens (including phenoxy) is 1. The third kappa shape index (κ3) is 1.67. The summed E-state index contributed by atoms with van der Waals surface area (Å²) in [5.74, 6) is 1.52. The second-order valence-corrected chi connectivity index (χ2v) is 5.60. The van der Waals surface area contributed by atoms with Crippen molar-refractivity contribution < 1.29 is 4.74 Å². The van der Waals surface area contributed by atoms with Crippen LogP contribution < -0.4 is 10.1 Å². The van der Waals surface area contributed by atoms with E-state index < -0.39 is 0 Å². The van der Waals surface area contributed by atoms with E-state index in [9.17, 15) is 0 Å². The highest BCUT2D eigenvalue weighted by Crippen LogP contribution is 2.40. The van der Waals surface area contributed by atoms with Crippen molar-refractivity contribution in [3.63, 3.8) is 0 Å². The summed E-state index contributed by atoms with van der Waals surface area (Å²) < 4.78 is 8.97. The maximum atomic E-state index is 5.48. The van der Waals surface area contributed by atoms with E-state index in [1.807, 2.05) is 12.1 Å². The summed E-state index contributed by atoms with van der Waals surface area (Å²) >= 11 is 3.77. The Morgan fingerprint density at radius 3 is 2.94 bits per heavy atom.